The van der Waals surface area contributed by atoms with Crippen LogP contribution in [0, 0.1) is 6.92 Å². The topological polar surface area (TPSA) is 131 Å². The molecule has 9 nitrogen and oxygen atoms in total. The van der Waals surface area contributed by atoms with Gasteiger partial charge in [0.25, 0.3) is 10.0 Å². The van der Waals surface area contributed by atoms with Gasteiger partial charge in [0.15, 0.2) is 11.5 Å². The average Bonchev–Trinajstić information content (AvgIpc) is 3.50. The number of methoxy groups -OCH3 is 1. The van der Waals surface area contributed by atoms with E-state index in [1.54, 1.807) is 19.2 Å². The standard InChI is InChI=1S/C26H32N2O7S/c1-17-7-10-21(11-8-17)36(32,33)28-25(31)27-26(24(29)30)14-13-19(16-26)18-9-12-22(34-2)23(15-18)35-20-5-3-4-6-20/h7-12,15,19-20H,3-6,13-14,16H2,1-2H3,(H,29,30)(H2,27,28,31)/t19-,26-/m0/s1. The van der Waals surface area contributed by atoms with Crippen LogP contribution in [0.5, 0.6) is 11.5 Å². The van der Waals surface area contributed by atoms with Crippen LogP contribution in [0.15, 0.2) is 47.4 Å². The normalized spacial score (nSPS) is 22.2. The quantitative estimate of drug-likeness (QED) is 0.481. The zero-order valence-corrected chi connectivity index (χ0v) is 21.3. The van der Waals surface area contributed by atoms with E-state index in [4.69, 9.17) is 9.47 Å². The van der Waals surface area contributed by atoms with Crippen LogP contribution in [0.2, 0.25) is 0 Å². The number of carbonyl (C=O) groups excluding carboxylic acids is 1. The molecule has 3 N–H and O–H groups in total. The summed E-state index contributed by atoms with van der Waals surface area (Å²) >= 11 is 0. The fraction of sp³-hybridized carbons (Fsp3) is 0.462. The lowest BCUT2D eigenvalue weighted by Crippen LogP contribution is -2.56. The van der Waals surface area contributed by atoms with Crippen LogP contribution in [0.1, 0.15) is 62.0 Å². The second-order valence-corrected chi connectivity index (χ2v) is 11.3. The zero-order chi connectivity index (χ0) is 25.9. The highest BCUT2D eigenvalue weighted by atomic mass is 32.2. The number of benzene rings is 2. The average molecular weight is 517 g/mol. The summed E-state index contributed by atoms with van der Waals surface area (Å²) < 4.78 is 38.7. The third-order valence-corrected chi connectivity index (χ3v) is 8.44. The molecule has 2 aliphatic carbocycles. The van der Waals surface area contributed by atoms with Crippen molar-refractivity contribution < 1.29 is 32.6 Å². The van der Waals surface area contributed by atoms with E-state index in [9.17, 15) is 23.1 Å². The minimum absolute atomic E-state index is 0.0788. The van der Waals surface area contributed by atoms with Crippen molar-refractivity contribution in [1.82, 2.24) is 10.0 Å². The van der Waals surface area contributed by atoms with Crippen LogP contribution in [0.25, 0.3) is 0 Å². The van der Waals surface area contributed by atoms with Gasteiger partial charge in [-0.05, 0) is 87.6 Å². The molecule has 0 saturated heterocycles. The first-order valence-electron chi connectivity index (χ1n) is 12.1. The summed E-state index contributed by atoms with van der Waals surface area (Å²) in [6, 6.07) is 10.5. The number of aryl methyl sites for hydroxylation is 1. The Morgan fingerprint density at radius 1 is 1.03 bits per heavy atom. The van der Waals surface area contributed by atoms with Crippen LogP contribution in [-0.2, 0) is 14.8 Å². The van der Waals surface area contributed by atoms with Gasteiger partial charge in [-0.2, -0.15) is 0 Å². The Morgan fingerprint density at radius 2 is 1.72 bits per heavy atom. The maximum Gasteiger partial charge on any atom is 0.329 e. The molecule has 2 saturated carbocycles. The summed E-state index contributed by atoms with van der Waals surface area (Å²) in [5.41, 5.74) is 0.168. The van der Waals surface area contributed by atoms with Gasteiger partial charge in [0, 0.05) is 0 Å². The van der Waals surface area contributed by atoms with Crippen molar-refractivity contribution in [3.63, 3.8) is 0 Å². The Hall–Kier alpha value is -3.27. The summed E-state index contributed by atoms with van der Waals surface area (Å²) in [5, 5.41) is 12.5. The first kappa shape index (κ1) is 25.8. The SMILES string of the molecule is COc1ccc([C@H]2CC[C@@](NC(=O)NS(=O)(=O)c3ccc(C)cc3)(C(=O)O)C2)cc1OC1CCCC1. The summed E-state index contributed by atoms with van der Waals surface area (Å²) in [4.78, 5) is 24.8. The second-order valence-electron chi connectivity index (χ2n) is 9.63. The minimum Gasteiger partial charge on any atom is -0.493 e. The predicted molar refractivity (Wildman–Crippen MR) is 133 cm³/mol. The molecule has 36 heavy (non-hydrogen) atoms. The highest BCUT2D eigenvalue weighted by molar-refractivity contribution is 7.90. The molecule has 2 aliphatic rings. The molecule has 194 valence electrons. The lowest BCUT2D eigenvalue weighted by molar-refractivity contribution is -0.144. The monoisotopic (exact) mass is 516 g/mol. The van der Waals surface area contributed by atoms with E-state index < -0.39 is 27.6 Å². The van der Waals surface area contributed by atoms with Crippen LogP contribution < -0.4 is 19.5 Å². The van der Waals surface area contributed by atoms with Gasteiger partial charge in [-0.1, -0.05) is 23.8 Å². The Kier molecular flexibility index (Phi) is 7.44. The van der Waals surface area contributed by atoms with Crippen molar-refractivity contribution in [2.45, 2.75) is 74.3 Å². The fourth-order valence-electron chi connectivity index (χ4n) is 5.06. The van der Waals surface area contributed by atoms with Gasteiger partial charge in [0.2, 0.25) is 0 Å². The molecule has 2 aromatic rings. The van der Waals surface area contributed by atoms with Gasteiger partial charge in [-0.25, -0.2) is 22.7 Å². The summed E-state index contributed by atoms with van der Waals surface area (Å²) in [7, 11) is -2.57. The molecule has 2 aromatic carbocycles. The molecular weight excluding hydrogens is 484 g/mol. The molecule has 0 radical (unpaired) electrons. The zero-order valence-electron chi connectivity index (χ0n) is 20.5. The molecular formula is C26H32N2O7S. The first-order valence-corrected chi connectivity index (χ1v) is 13.6. The molecule has 2 atom stereocenters. The maximum absolute atomic E-state index is 12.6. The van der Waals surface area contributed by atoms with E-state index in [-0.39, 0.29) is 29.8 Å². The first-order chi connectivity index (χ1) is 17.1. The number of hydrogen-bond acceptors (Lipinski definition) is 6. The van der Waals surface area contributed by atoms with Gasteiger partial charge < -0.3 is 19.9 Å². The van der Waals surface area contributed by atoms with E-state index >= 15 is 0 Å². The lowest BCUT2D eigenvalue weighted by atomic mass is 9.92. The Morgan fingerprint density at radius 3 is 2.36 bits per heavy atom. The molecule has 0 heterocycles. The number of nitrogens with one attached hydrogen (secondary N) is 2. The summed E-state index contributed by atoms with van der Waals surface area (Å²) in [5.74, 6) is -0.118. The van der Waals surface area contributed by atoms with E-state index in [2.05, 4.69) is 5.32 Å². The summed E-state index contributed by atoms with van der Waals surface area (Å²) in [6.45, 7) is 1.82. The smallest absolute Gasteiger partial charge is 0.329 e. The molecule has 10 heteroatoms. The Balaban J connectivity index is 1.48. The minimum atomic E-state index is -4.15. The van der Waals surface area contributed by atoms with E-state index in [1.807, 2.05) is 29.8 Å². The molecule has 0 unspecified atom stereocenters. The van der Waals surface area contributed by atoms with Crippen LogP contribution in [0.3, 0.4) is 0 Å². The number of amides is 2. The number of aliphatic carboxylic acids is 1. The number of carboxylic acid groups (broad SMARTS) is 1. The van der Waals surface area contributed by atoms with Gasteiger partial charge in [-0.15, -0.1) is 0 Å². The number of urea groups is 1. The van der Waals surface area contributed by atoms with Crippen molar-refractivity contribution in [2.75, 3.05) is 7.11 Å². The second kappa shape index (κ2) is 10.4. The van der Waals surface area contributed by atoms with Crippen LogP contribution in [-0.4, -0.2) is 44.3 Å². The highest BCUT2D eigenvalue weighted by Crippen LogP contribution is 2.44. The van der Waals surface area contributed by atoms with E-state index in [0.717, 1.165) is 36.8 Å². The third kappa shape index (κ3) is 5.59. The number of sulfonamides is 1. The van der Waals surface area contributed by atoms with E-state index in [1.165, 1.54) is 12.1 Å². The van der Waals surface area contributed by atoms with Crippen LogP contribution >= 0.6 is 0 Å². The van der Waals surface area contributed by atoms with Crippen molar-refractivity contribution in [1.29, 1.82) is 0 Å². The molecule has 0 aromatic heterocycles. The molecule has 0 aliphatic heterocycles. The molecule has 0 bridgehead atoms. The predicted octanol–water partition coefficient (Wildman–Crippen LogP) is 4.10. The number of carbonyl (C=O) groups is 2. The summed E-state index contributed by atoms with van der Waals surface area (Å²) in [6.07, 6.45) is 5.16. The van der Waals surface area contributed by atoms with Gasteiger partial charge in [-0.3, -0.25) is 0 Å². The van der Waals surface area contributed by atoms with Crippen molar-refractivity contribution in [3.8, 4) is 11.5 Å². The van der Waals surface area contributed by atoms with Gasteiger partial charge >= 0.3 is 12.0 Å². The van der Waals surface area contributed by atoms with Gasteiger partial charge in [0.05, 0.1) is 18.1 Å². The van der Waals surface area contributed by atoms with Gasteiger partial charge in [0.1, 0.15) is 5.54 Å². The highest BCUT2D eigenvalue weighted by Gasteiger charge is 2.47. The Bertz CT molecular complexity index is 1220. The fourth-order valence-corrected chi connectivity index (χ4v) is 5.96. The van der Waals surface area contributed by atoms with Crippen molar-refractivity contribution in [3.05, 3.63) is 53.6 Å². The van der Waals surface area contributed by atoms with Crippen molar-refractivity contribution in [2.24, 2.45) is 0 Å². The van der Waals surface area contributed by atoms with Crippen LogP contribution in [0.4, 0.5) is 4.79 Å². The number of carboxylic acids is 1. The third-order valence-electron chi connectivity index (χ3n) is 7.09. The number of rotatable bonds is 8. The van der Waals surface area contributed by atoms with E-state index in [0.29, 0.717) is 17.9 Å². The molecule has 2 fully saturated rings. The Labute approximate surface area is 211 Å². The number of hydrogen-bond donors (Lipinski definition) is 3. The maximum atomic E-state index is 12.6. The number of ether oxygens (including phenoxy) is 2. The van der Waals surface area contributed by atoms with Crippen molar-refractivity contribution >= 4 is 22.0 Å². The molecule has 0 spiro atoms. The lowest BCUT2D eigenvalue weighted by Gasteiger charge is -2.26. The largest absolute Gasteiger partial charge is 0.493 e. The molecule has 4 rings (SSSR count). The molecule has 2 amide bonds.